The third-order valence-corrected chi connectivity index (χ3v) is 3.75. The molecule has 0 aromatic heterocycles. The van der Waals surface area contributed by atoms with Crippen molar-refractivity contribution in [2.75, 3.05) is 19.6 Å². The molecule has 3 N–H and O–H groups in total. The van der Waals surface area contributed by atoms with E-state index < -0.39 is 0 Å². The molecule has 4 nitrogen and oxygen atoms in total. The molecular weight excluding hydrogens is 250 g/mol. The van der Waals surface area contributed by atoms with Crippen LogP contribution >= 0.6 is 0 Å². The zero-order chi connectivity index (χ0) is 15.0. The van der Waals surface area contributed by atoms with E-state index in [9.17, 15) is 4.79 Å². The quantitative estimate of drug-likeness (QED) is 0.725. The molecule has 0 aliphatic carbocycles. The maximum atomic E-state index is 11.3. The first kappa shape index (κ1) is 16.7. The number of carbonyl (C=O) groups is 1. The highest BCUT2D eigenvalue weighted by molar-refractivity contribution is 5.79. The second-order valence-corrected chi connectivity index (χ2v) is 4.92. The first-order chi connectivity index (χ1) is 9.63. The summed E-state index contributed by atoms with van der Waals surface area (Å²) in [6, 6.07) is 10.4. The fourth-order valence-corrected chi connectivity index (χ4v) is 2.50. The average molecular weight is 277 g/mol. The van der Waals surface area contributed by atoms with Gasteiger partial charge in [-0.3, -0.25) is 9.69 Å². The van der Waals surface area contributed by atoms with Gasteiger partial charge in [-0.05, 0) is 25.1 Å². The molecule has 112 valence electrons. The predicted octanol–water partition coefficient (Wildman–Crippen LogP) is 1.92. The van der Waals surface area contributed by atoms with Crippen molar-refractivity contribution in [2.45, 2.75) is 39.3 Å². The van der Waals surface area contributed by atoms with Crippen LogP contribution in [0.5, 0.6) is 0 Å². The molecule has 1 aromatic rings. The highest BCUT2D eigenvalue weighted by atomic mass is 16.1. The van der Waals surface area contributed by atoms with Crippen molar-refractivity contribution >= 4 is 5.91 Å². The summed E-state index contributed by atoms with van der Waals surface area (Å²) in [6.45, 7) is 8.97. The Labute approximate surface area is 122 Å². The monoisotopic (exact) mass is 277 g/mol. The topological polar surface area (TPSA) is 58.4 Å². The highest BCUT2D eigenvalue weighted by Crippen LogP contribution is 2.19. The number of carbonyl (C=O) groups excluding carboxylic acids is 1. The van der Waals surface area contributed by atoms with Crippen molar-refractivity contribution in [1.82, 2.24) is 10.2 Å². The highest BCUT2D eigenvalue weighted by Gasteiger charge is 2.20. The maximum Gasteiger partial charge on any atom is 0.234 e. The molecule has 0 heterocycles. The molecule has 0 radical (unpaired) electrons. The van der Waals surface area contributed by atoms with Gasteiger partial charge in [0.25, 0.3) is 0 Å². The summed E-state index contributed by atoms with van der Waals surface area (Å²) < 4.78 is 0. The fraction of sp³-hybridized carbons (Fsp3) is 0.562. The smallest absolute Gasteiger partial charge is 0.234 e. The zero-order valence-corrected chi connectivity index (χ0v) is 12.8. The number of hydrogen-bond donors (Lipinski definition) is 2. The lowest BCUT2D eigenvalue weighted by Gasteiger charge is -2.31. The number of amides is 1. The summed E-state index contributed by atoms with van der Waals surface area (Å²) in [5, 5.41) is 3.30. The fourth-order valence-electron chi connectivity index (χ4n) is 2.50. The lowest BCUT2D eigenvalue weighted by Crippen LogP contribution is -2.45. The van der Waals surface area contributed by atoms with Crippen LogP contribution in [0.2, 0.25) is 0 Å². The minimum absolute atomic E-state index is 0.253. The molecule has 1 rings (SSSR count). The van der Waals surface area contributed by atoms with Crippen LogP contribution < -0.4 is 11.1 Å². The van der Waals surface area contributed by atoms with Gasteiger partial charge >= 0.3 is 0 Å². The van der Waals surface area contributed by atoms with Gasteiger partial charge in [-0.15, -0.1) is 0 Å². The van der Waals surface area contributed by atoms with Gasteiger partial charge in [-0.25, -0.2) is 0 Å². The normalized spacial score (nSPS) is 14.2. The van der Waals surface area contributed by atoms with Crippen LogP contribution in [0.15, 0.2) is 30.3 Å². The first-order valence-corrected chi connectivity index (χ1v) is 7.45. The van der Waals surface area contributed by atoms with Gasteiger partial charge in [0.2, 0.25) is 5.91 Å². The molecule has 1 amide bonds. The van der Waals surface area contributed by atoms with Crippen molar-refractivity contribution in [3.8, 4) is 0 Å². The van der Waals surface area contributed by atoms with E-state index in [0.717, 1.165) is 26.1 Å². The average Bonchev–Trinajstić information content (AvgIpc) is 2.47. The molecule has 0 fully saturated rings. The summed E-state index contributed by atoms with van der Waals surface area (Å²) in [5.74, 6) is -0.279. The van der Waals surface area contributed by atoms with Crippen molar-refractivity contribution in [2.24, 2.45) is 5.73 Å². The number of nitrogens with zero attached hydrogens (tertiary/aromatic N) is 1. The van der Waals surface area contributed by atoms with Crippen LogP contribution in [0.3, 0.4) is 0 Å². The Morgan fingerprint density at radius 1 is 1.20 bits per heavy atom. The SMILES string of the molecule is CCC(NCC(c1ccccc1)N(CC)CC)C(N)=O. The lowest BCUT2D eigenvalue weighted by molar-refractivity contribution is -0.120. The second kappa shape index (κ2) is 8.72. The van der Waals surface area contributed by atoms with Crippen LogP contribution in [0.25, 0.3) is 0 Å². The molecule has 0 aliphatic rings. The third kappa shape index (κ3) is 4.62. The summed E-state index contributed by atoms with van der Waals surface area (Å²) in [5.41, 5.74) is 6.66. The molecule has 0 saturated carbocycles. The van der Waals surface area contributed by atoms with Crippen LogP contribution in [0, 0.1) is 0 Å². The molecule has 2 unspecified atom stereocenters. The Morgan fingerprint density at radius 2 is 1.80 bits per heavy atom. The molecule has 4 heteroatoms. The Kier molecular flexibility index (Phi) is 7.26. The van der Waals surface area contributed by atoms with Gasteiger partial charge in [0, 0.05) is 12.6 Å². The van der Waals surface area contributed by atoms with Gasteiger partial charge in [0.1, 0.15) is 0 Å². The third-order valence-electron chi connectivity index (χ3n) is 3.75. The minimum atomic E-state index is -0.279. The van der Waals surface area contributed by atoms with Crippen molar-refractivity contribution < 1.29 is 4.79 Å². The largest absolute Gasteiger partial charge is 0.368 e. The number of primary amides is 1. The van der Waals surface area contributed by atoms with Crippen LogP contribution in [0.4, 0.5) is 0 Å². The first-order valence-electron chi connectivity index (χ1n) is 7.45. The lowest BCUT2D eigenvalue weighted by atomic mass is 10.0. The van der Waals surface area contributed by atoms with E-state index >= 15 is 0 Å². The van der Waals surface area contributed by atoms with E-state index in [1.807, 2.05) is 13.0 Å². The number of hydrogen-bond acceptors (Lipinski definition) is 3. The molecule has 0 bridgehead atoms. The van der Waals surface area contributed by atoms with E-state index in [2.05, 4.69) is 48.3 Å². The number of nitrogens with one attached hydrogen (secondary N) is 1. The van der Waals surface area contributed by atoms with E-state index in [1.54, 1.807) is 0 Å². The Morgan fingerprint density at radius 3 is 2.25 bits per heavy atom. The molecule has 0 aliphatic heterocycles. The van der Waals surface area contributed by atoms with Gasteiger partial charge in [-0.1, -0.05) is 51.1 Å². The number of rotatable bonds is 9. The molecular formula is C16H27N3O. The van der Waals surface area contributed by atoms with E-state index in [1.165, 1.54) is 5.56 Å². The van der Waals surface area contributed by atoms with Crippen LogP contribution in [-0.2, 0) is 4.79 Å². The number of nitrogens with two attached hydrogens (primary N) is 1. The minimum Gasteiger partial charge on any atom is -0.368 e. The molecule has 1 aromatic carbocycles. The second-order valence-electron chi connectivity index (χ2n) is 4.92. The van der Waals surface area contributed by atoms with Crippen molar-refractivity contribution in [3.05, 3.63) is 35.9 Å². The van der Waals surface area contributed by atoms with E-state index in [4.69, 9.17) is 5.73 Å². The summed E-state index contributed by atoms with van der Waals surface area (Å²) in [6.07, 6.45) is 0.717. The molecule has 20 heavy (non-hydrogen) atoms. The van der Waals surface area contributed by atoms with Crippen molar-refractivity contribution in [1.29, 1.82) is 0 Å². The van der Waals surface area contributed by atoms with Gasteiger partial charge in [0.15, 0.2) is 0 Å². The molecule has 0 spiro atoms. The van der Waals surface area contributed by atoms with Gasteiger partial charge < -0.3 is 11.1 Å². The van der Waals surface area contributed by atoms with Gasteiger partial charge in [-0.2, -0.15) is 0 Å². The summed E-state index contributed by atoms with van der Waals surface area (Å²) >= 11 is 0. The number of likely N-dealkylation sites (N-methyl/N-ethyl adjacent to an activating group) is 1. The van der Waals surface area contributed by atoms with Gasteiger partial charge in [0.05, 0.1) is 6.04 Å². The van der Waals surface area contributed by atoms with E-state index in [0.29, 0.717) is 0 Å². The Bertz CT molecular complexity index is 390. The Balaban J connectivity index is 2.81. The Hall–Kier alpha value is -1.39. The van der Waals surface area contributed by atoms with Crippen LogP contribution in [-0.4, -0.2) is 36.5 Å². The summed E-state index contributed by atoms with van der Waals surface area (Å²) in [7, 11) is 0. The summed E-state index contributed by atoms with van der Waals surface area (Å²) in [4.78, 5) is 13.7. The van der Waals surface area contributed by atoms with Crippen molar-refractivity contribution in [3.63, 3.8) is 0 Å². The number of benzene rings is 1. The van der Waals surface area contributed by atoms with Crippen LogP contribution in [0.1, 0.15) is 38.8 Å². The standard InChI is InChI=1S/C16H27N3O/c1-4-14(16(17)20)18-12-15(19(5-2)6-3)13-10-8-7-9-11-13/h7-11,14-15,18H,4-6,12H2,1-3H3,(H2,17,20). The van der Waals surface area contributed by atoms with E-state index in [-0.39, 0.29) is 18.0 Å². The molecule has 2 atom stereocenters. The maximum absolute atomic E-state index is 11.3. The molecule has 0 saturated heterocycles. The zero-order valence-electron chi connectivity index (χ0n) is 12.8. The predicted molar refractivity (Wildman–Crippen MR) is 83.4 cm³/mol.